The van der Waals surface area contributed by atoms with Crippen molar-refractivity contribution in [3.63, 3.8) is 0 Å². The van der Waals surface area contributed by atoms with Crippen LogP contribution in [0.1, 0.15) is 22.3 Å². The summed E-state index contributed by atoms with van der Waals surface area (Å²) in [7, 11) is 1.26. The molecule has 7 heteroatoms. The van der Waals surface area contributed by atoms with Crippen LogP contribution in [-0.2, 0) is 4.79 Å². The summed E-state index contributed by atoms with van der Waals surface area (Å²) < 4.78 is 4.93. The lowest BCUT2D eigenvalue weighted by atomic mass is 9.98. The van der Waals surface area contributed by atoms with E-state index >= 15 is 0 Å². The fraction of sp³-hybridized carbons (Fsp3) is 0.167. The van der Waals surface area contributed by atoms with Crippen molar-refractivity contribution in [3.05, 3.63) is 62.7 Å². The van der Waals surface area contributed by atoms with Gasteiger partial charge in [0.1, 0.15) is 0 Å². The van der Waals surface area contributed by atoms with E-state index in [2.05, 4.69) is 0 Å². The Morgan fingerprint density at radius 2 is 1.88 bits per heavy atom. The summed E-state index contributed by atoms with van der Waals surface area (Å²) in [5.41, 5.74) is 1.92. The molecule has 2 aromatic carbocycles. The number of phenolic OH excluding ortho intramolecular Hbond substituents is 1. The predicted molar refractivity (Wildman–Crippen MR) is 92.7 cm³/mol. The number of phenols is 1. The van der Waals surface area contributed by atoms with Crippen LogP contribution in [0.5, 0.6) is 11.5 Å². The van der Waals surface area contributed by atoms with E-state index in [9.17, 15) is 25.1 Å². The topological polar surface area (TPSA) is 110 Å². The summed E-state index contributed by atoms with van der Waals surface area (Å²) in [6.45, 7) is 3.76. The quantitative estimate of drug-likeness (QED) is 0.372. The molecule has 0 bridgehead atoms. The van der Waals surface area contributed by atoms with Gasteiger partial charge in [0, 0.05) is 11.6 Å². The number of carboxylic acids is 1. The number of non-ortho nitro benzene ring substituents is 1. The molecule has 0 unspecified atom stereocenters. The Balaban J connectivity index is 2.68. The number of aryl methyl sites for hydroxylation is 2. The lowest BCUT2D eigenvalue weighted by Crippen LogP contribution is -2.01. The maximum Gasteiger partial charge on any atom is 0.336 e. The van der Waals surface area contributed by atoms with Gasteiger partial charge in [-0.2, -0.15) is 0 Å². The van der Waals surface area contributed by atoms with Crippen LogP contribution in [0.15, 0.2) is 30.3 Å². The summed E-state index contributed by atoms with van der Waals surface area (Å²) in [6.07, 6.45) is 1.19. The highest BCUT2D eigenvalue weighted by atomic mass is 16.6. The SMILES string of the molecule is COc1cc([N+](=O)[O-])cc(/C=C(\C(=O)O)c2ccc(C)c(C)c2)c1O. The van der Waals surface area contributed by atoms with Crippen molar-refractivity contribution < 1.29 is 24.7 Å². The Morgan fingerprint density at radius 1 is 1.20 bits per heavy atom. The minimum Gasteiger partial charge on any atom is -0.504 e. The number of carboxylic acid groups (broad SMARTS) is 1. The smallest absolute Gasteiger partial charge is 0.336 e. The number of nitro groups is 1. The van der Waals surface area contributed by atoms with E-state index in [1.165, 1.54) is 13.2 Å². The molecule has 0 atom stereocenters. The first-order valence-electron chi connectivity index (χ1n) is 7.32. The van der Waals surface area contributed by atoms with Crippen LogP contribution in [0.3, 0.4) is 0 Å². The van der Waals surface area contributed by atoms with Crippen molar-refractivity contribution in [1.82, 2.24) is 0 Å². The number of rotatable bonds is 5. The van der Waals surface area contributed by atoms with Crippen LogP contribution in [0.2, 0.25) is 0 Å². The van der Waals surface area contributed by atoms with E-state index in [0.717, 1.165) is 23.3 Å². The zero-order valence-corrected chi connectivity index (χ0v) is 13.9. The number of aromatic hydroxyl groups is 1. The Bertz CT molecular complexity index is 885. The zero-order valence-electron chi connectivity index (χ0n) is 13.9. The highest BCUT2D eigenvalue weighted by molar-refractivity contribution is 6.21. The van der Waals surface area contributed by atoms with Crippen molar-refractivity contribution in [2.45, 2.75) is 13.8 Å². The minimum atomic E-state index is -1.21. The van der Waals surface area contributed by atoms with Crippen LogP contribution in [0, 0.1) is 24.0 Å². The van der Waals surface area contributed by atoms with E-state index in [4.69, 9.17) is 4.74 Å². The summed E-state index contributed by atoms with van der Waals surface area (Å²) >= 11 is 0. The van der Waals surface area contributed by atoms with Gasteiger partial charge in [-0.1, -0.05) is 18.2 Å². The number of hydrogen-bond acceptors (Lipinski definition) is 5. The second-order valence-electron chi connectivity index (χ2n) is 5.51. The summed E-state index contributed by atoms with van der Waals surface area (Å²) in [5.74, 6) is -1.69. The molecular weight excluding hydrogens is 326 g/mol. The van der Waals surface area contributed by atoms with E-state index in [0.29, 0.717) is 5.56 Å². The van der Waals surface area contributed by atoms with Gasteiger partial charge in [-0.25, -0.2) is 4.79 Å². The van der Waals surface area contributed by atoms with Crippen molar-refractivity contribution >= 4 is 23.3 Å². The van der Waals surface area contributed by atoms with Gasteiger partial charge in [0.25, 0.3) is 5.69 Å². The minimum absolute atomic E-state index is 0.0123. The molecule has 0 spiro atoms. The number of hydrogen-bond donors (Lipinski definition) is 2. The van der Waals surface area contributed by atoms with Gasteiger partial charge >= 0.3 is 5.97 Å². The first-order chi connectivity index (χ1) is 11.7. The maximum absolute atomic E-state index is 11.7. The number of nitrogens with zero attached hydrogens (tertiary/aromatic N) is 1. The molecule has 0 aliphatic carbocycles. The summed E-state index contributed by atoms with van der Waals surface area (Å²) in [4.78, 5) is 22.1. The molecular formula is C18H17NO6. The monoisotopic (exact) mass is 343 g/mol. The van der Waals surface area contributed by atoms with Crippen LogP contribution in [0.4, 0.5) is 5.69 Å². The number of carbonyl (C=O) groups is 1. The van der Waals surface area contributed by atoms with E-state index in [-0.39, 0.29) is 28.3 Å². The fourth-order valence-electron chi connectivity index (χ4n) is 2.32. The van der Waals surface area contributed by atoms with Gasteiger partial charge in [0.15, 0.2) is 11.5 Å². The second kappa shape index (κ2) is 7.04. The van der Waals surface area contributed by atoms with Crippen molar-refractivity contribution in [2.75, 3.05) is 7.11 Å². The van der Waals surface area contributed by atoms with E-state index in [1.54, 1.807) is 18.2 Å². The van der Waals surface area contributed by atoms with E-state index in [1.807, 2.05) is 13.8 Å². The molecule has 25 heavy (non-hydrogen) atoms. The number of ether oxygens (including phenoxy) is 1. The van der Waals surface area contributed by atoms with E-state index < -0.39 is 10.9 Å². The third-order valence-electron chi connectivity index (χ3n) is 3.87. The average Bonchev–Trinajstić information content (AvgIpc) is 2.56. The molecule has 0 aliphatic rings. The fourth-order valence-corrected chi connectivity index (χ4v) is 2.32. The van der Waals surface area contributed by atoms with Crippen molar-refractivity contribution in [3.8, 4) is 11.5 Å². The largest absolute Gasteiger partial charge is 0.504 e. The Hall–Kier alpha value is -3.35. The van der Waals surface area contributed by atoms with Crippen LogP contribution >= 0.6 is 0 Å². The predicted octanol–water partition coefficient (Wildman–Crippen LogP) is 3.55. The third kappa shape index (κ3) is 3.77. The number of aliphatic carboxylic acids is 1. The highest BCUT2D eigenvalue weighted by Crippen LogP contribution is 2.36. The Morgan fingerprint density at radius 3 is 2.40 bits per heavy atom. The zero-order chi connectivity index (χ0) is 18.7. The molecule has 0 amide bonds. The first-order valence-corrected chi connectivity index (χ1v) is 7.32. The molecule has 0 fully saturated rings. The molecule has 0 aliphatic heterocycles. The van der Waals surface area contributed by atoms with Gasteiger partial charge in [-0.05, 0) is 36.6 Å². The van der Waals surface area contributed by atoms with Gasteiger partial charge in [0.2, 0.25) is 0 Å². The van der Waals surface area contributed by atoms with Gasteiger partial charge in [-0.3, -0.25) is 10.1 Å². The number of nitro benzene ring substituents is 1. The number of benzene rings is 2. The summed E-state index contributed by atoms with van der Waals surface area (Å²) in [6, 6.07) is 7.31. The Labute approximate surface area is 144 Å². The van der Waals surface area contributed by atoms with Gasteiger partial charge in [0.05, 0.1) is 23.7 Å². The average molecular weight is 343 g/mol. The normalized spacial score (nSPS) is 11.2. The molecule has 7 nitrogen and oxygen atoms in total. The molecule has 130 valence electrons. The molecule has 0 aromatic heterocycles. The molecule has 0 saturated heterocycles. The van der Waals surface area contributed by atoms with Crippen molar-refractivity contribution in [2.24, 2.45) is 0 Å². The molecule has 2 rings (SSSR count). The van der Waals surface area contributed by atoms with Crippen LogP contribution in [-0.4, -0.2) is 28.2 Å². The lowest BCUT2D eigenvalue weighted by molar-refractivity contribution is -0.385. The molecule has 0 radical (unpaired) electrons. The van der Waals surface area contributed by atoms with Crippen LogP contribution < -0.4 is 4.74 Å². The molecule has 2 N–H and O–H groups in total. The second-order valence-corrected chi connectivity index (χ2v) is 5.51. The van der Waals surface area contributed by atoms with Gasteiger partial charge < -0.3 is 14.9 Å². The molecule has 0 saturated carbocycles. The molecule has 2 aromatic rings. The standard InChI is InChI=1S/C18H17NO6/c1-10-4-5-12(6-11(10)2)15(18(21)22)8-13-7-14(19(23)24)9-16(25-3)17(13)20/h4-9,20H,1-3H3,(H,21,22)/b15-8-. The van der Waals surface area contributed by atoms with Crippen LogP contribution in [0.25, 0.3) is 11.6 Å². The van der Waals surface area contributed by atoms with Gasteiger partial charge in [-0.15, -0.1) is 0 Å². The lowest BCUT2D eigenvalue weighted by Gasteiger charge is -2.09. The first kappa shape index (κ1) is 18.0. The highest BCUT2D eigenvalue weighted by Gasteiger charge is 2.18. The summed E-state index contributed by atoms with van der Waals surface area (Å²) in [5, 5.41) is 30.8. The Kier molecular flexibility index (Phi) is 5.07. The number of methoxy groups -OCH3 is 1. The maximum atomic E-state index is 11.7. The third-order valence-corrected chi connectivity index (χ3v) is 3.87. The van der Waals surface area contributed by atoms with Crippen molar-refractivity contribution in [1.29, 1.82) is 0 Å². The molecule has 0 heterocycles.